The number of sulfonamides is 1. The lowest BCUT2D eigenvalue weighted by atomic mass is 10.1. The maximum Gasteiger partial charge on any atom is 0.243 e. The fraction of sp³-hybridized carbons (Fsp3) is 0.412. The first kappa shape index (κ1) is 17.6. The summed E-state index contributed by atoms with van der Waals surface area (Å²) in [6, 6.07) is 9.13. The second-order valence-electron chi connectivity index (χ2n) is 6.20. The van der Waals surface area contributed by atoms with Crippen LogP contribution in [-0.4, -0.2) is 48.1 Å². The van der Waals surface area contributed by atoms with Crippen molar-refractivity contribution < 1.29 is 13.2 Å². The Morgan fingerprint density at radius 2 is 2.00 bits per heavy atom. The van der Waals surface area contributed by atoms with Gasteiger partial charge in [0.15, 0.2) is 0 Å². The highest BCUT2D eigenvalue weighted by Gasteiger charge is 2.25. The molecule has 1 aliphatic heterocycles. The van der Waals surface area contributed by atoms with Crippen molar-refractivity contribution in [1.29, 1.82) is 0 Å². The van der Waals surface area contributed by atoms with Crippen molar-refractivity contribution in [3.05, 3.63) is 42.7 Å². The SMILES string of the molecule is CC(CNS(=O)(=O)c1cnn(-c2ccccc2)c1)N1CCCCC1=O. The van der Waals surface area contributed by atoms with Gasteiger partial charge in [0, 0.05) is 25.6 Å². The third-order valence-electron chi connectivity index (χ3n) is 4.35. The van der Waals surface area contributed by atoms with Crippen molar-refractivity contribution in [3.63, 3.8) is 0 Å². The van der Waals surface area contributed by atoms with E-state index in [0.29, 0.717) is 13.0 Å². The number of benzene rings is 1. The minimum atomic E-state index is -3.67. The van der Waals surface area contributed by atoms with E-state index in [-0.39, 0.29) is 23.4 Å². The summed E-state index contributed by atoms with van der Waals surface area (Å²) in [4.78, 5) is 13.8. The van der Waals surface area contributed by atoms with Gasteiger partial charge in [0.05, 0.1) is 18.1 Å². The van der Waals surface area contributed by atoms with Crippen molar-refractivity contribution in [3.8, 4) is 5.69 Å². The normalized spacial score (nSPS) is 16.8. The van der Waals surface area contributed by atoms with Crippen LogP contribution in [0.5, 0.6) is 0 Å². The summed E-state index contributed by atoms with van der Waals surface area (Å²) < 4.78 is 29.1. The zero-order chi connectivity index (χ0) is 17.9. The molecule has 1 fully saturated rings. The average molecular weight is 362 g/mol. The van der Waals surface area contributed by atoms with Crippen LogP contribution in [-0.2, 0) is 14.8 Å². The zero-order valence-corrected chi connectivity index (χ0v) is 14.9. The van der Waals surface area contributed by atoms with Gasteiger partial charge in [0.25, 0.3) is 0 Å². The van der Waals surface area contributed by atoms with Gasteiger partial charge in [-0.2, -0.15) is 5.10 Å². The Morgan fingerprint density at radius 3 is 2.72 bits per heavy atom. The van der Waals surface area contributed by atoms with E-state index in [1.807, 2.05) is 37.3 Å². The van der Waals surface area contributed by atoms with Crippen molar-refractivity contribution in [2.45, 2.75) is 37.1 Å². The Labute approximate surface area is 147 Å². The summed E-state index contributed by atoms with van der Waals surface area (Å²) in [5.74, 6) is 0.0924. The van der Waals surface area contributed by atoms with Gasteiger partial charge < -0.3 is 4.90 Å². The lowest BCUT2D eigenvalue weighted by Crippen LogP contribution is -2.47. The number of carbonyl (C=O) groups excluding carboxylic acids is 1. The van der Waals surface area contributed by atoms with E-state index in [1.54, 1.807) is 4.90 Å². The lowest BCUT2D eigenvalue weighted by Gasteiger charge is -2.32. The molecular formula is C17H22N4O3S. The quantitative estimate of drug-likeness (QED) is 0.845. The molecule has 0 aliphatic carbocycles. The first-order chi connectivity index (χ1) is 12.0. The molecule has 1 atom stereocenters. The summed E-state index contributed by atoms with van der Waals surface area (Å²) in [5.41, 5.74) is 0.788. The fourth-order valence-electron chi connectivity index (χ4n) is 2.88. The number of carbonyl (C=O) groups is 1. The van der Waals surface area contributed by atoms with Gasteiger partial charge in [-0.25, -0.2) is 17.8 Å². The van der Waals surface area contributed by atoms with E-state index < -0.39 is 10.0 Å². The molecule has 134 valence electrons. The summed E-state index contributed by atoms with van der Waals surface area (Å²) in [7, 11) is -3.67. The monoisotopic (exact) mass is 362 g/mol. The number of nitrogens with zero attached hydrogens (tertiary/aromatic N) is 3. The minimum Gasteiger partial charge on any atom is -0.339 e. The van der Waals surface area contributed by atoms with Gasteiger partial charge >= 0.3 is 0 Å². The van der Waals surface area contributed by atoms with Crippen LogP contribution in [0.15, 0.2) is 47.6 Å². The largest absolute Gasteiger partial charge is 0.339 e. The van der Waals surface area contributed by atoms with Gasteiger partial charge in [0.1, 0.15) is 4.90 Å². The highest BCUT2D eigenvalue weighted by Crippen LogP contribution is 2.15. The molecule has 25 heavy (non-hydrogen) atoms. The second kappa shape index (κ2) is 7.37. The third-order valence-corrected chi connectivity index (χ3v) is 5.73. The minimum absolute atomic E-state index is 0.0924. The van der Waals surface area contributed by atoms with Gasteiger partial charge in [-0.1, -0.05) is 18.2 Å². The molecule has 1 aliphatic rings. The predicted molar refractivity (Wildman–Crippen MR) is 93.8 cm³/mol. The van der Waals surface area contributed by atoms with Crippen LogP contribution >= 0.6 is 0 Å². The number of amides is 1. The average Bonchev–Trinajstić information content (AvgIpc) is 3.12. The molecule has 1 aromatic heterocycles. The number of hydrogen-bond acceptors (Lipinski definition) is 4. The lowest BCUT2D eigenvalue weighted by molar-refractivity contribution is -0.135. The van der Waals surface area contributed by atoms with Crippen LogP contribution in [0.2, 0.25) is 0 Å². The van der Waals surface area contributed by atoms with Gasteiger partial charge in [-0.05, 0) is 31.9 Å². The van der Waals surface area contributed by atoms with Crippen molar-refractivity contribution >= 4 is 15.9 Å². The Kier molecular flexibility index (Phi) is 5.19. The summed E-state index contributed by atoms with van der Waals surface area (Å²) in [6.07, 6.45) is 5.22. The van der Waals surface area contributed by atoms with E-state index in [2.05, 4.69) is 9.82 Å². The van der Waals surface area contributed by atoms with E-state index >= 15 is 0 Å². The van der Waals surface area contributed by atoms with Gasteiger partial charge in [-0.15, -0.1) is 0 Å². The van der Waals surface area contributed by atoms with Gasteiger partial charge in [0.2, 0.25) is 15.9 Å². The molecule has 1 N–H and O–H groups in total. The molecular weight excluding hydrogens is 340 g/mol. The molecule has 1 amide bonds. The first-order valence-electron chi connectivity index (χ1n) is 8.36. The zero-order valence-electron chi connectivity index (χ0n) is 14.1. The predicted octanol–water partition coefficient (Wildman–Crippen LogP) is 1.55. The first-order valence-corrected chi connectivity index (χ1v) is 9.85. The molecule has 2 heterocycles. The van der Waals surface area contributed by atoms with E-state index in [4.69, 9.17) is 0 Å². The maximum absolute atomic E-state index is 12.5. The smallest absolute Gasteiger partial charge is 0.243 e. The van der Waals surface area contributed by atoms with E-state index in [1.165, 1.54) is 17.1 Å². The highest BCUT2D eigenvalue weighted by atomic mass is 32.2. The van der Waals surface area contributed by atoms with Crippen LogP contribution in [0.1, 0.15) is 26.2 Å². The molecule has 0 bridgehead atoms. The molecule has 2 aromatic rings. The molecule has 0 spiro atoms. The standard InChI is InChI=1S/C17H22N4O3S/c1-14(20-10-6-5-9-17(20)22)11-19-25(23,24)16-12-18-21(13-16)15-7-3-2-4-8-15/h2-4,7-8,12-14,19H,5-6,9-11H2,1H3. The molecule has 1 saturated heterocycles. The Bertz CT molecular complexity index is 833. The molecule has 1 aromatic carbocycles. The molecule has 3 rings (SSSR count). The van der Waals surface area contributed by atoms with Crippen LogP contribution in [0.25, 0.3) is 5.69 Å². The number of likely N-dealkylation sites (tertiary alicyclic amines) is 1. The maximum atomic E-state index is 12.5. The molecule has 8 heteroatoms. The van der Waals surface area contributed by atoms with Crippen LogP contribution in [0.4, 0.5) is 0 Å². The van der Waals surface area contributed by atoms with Crippen molar-refractivity contribution in [2.75, 3.05) is 13.1 Å². The molecule has 0 saturated carbocycles. The number of rotatable bonds is 6. The van der Waals surface area contributed by atoms with E-state index in [0.717, 1.165) is 18.5 Å². The topological polar surface area (TPSA) is 84.3 Å². The Balaban J connectivity index is 1.66. The number of hydrogen-bond donors (Lipinski definition) is 1. The van der Waals surface area contributed by atoms with Crippen LogP contribution < -0.4 is 4.72 Å². The number of para-hydroxylation sites is 1. The summed E-state index contributed by atoms with van der Waals surface area (Å²) in [6.45, 7) is 2.73. The number of nitrogens with one attached hydrogen (secondary N) is 1. The van der Waals surface area contributed by atoms with Crippen LogP contribution in [0, 0.1) is 0 Å². The fourth-order valence-corrected chi connectivity index (χ4v) is 3.94. The second-order valence-corrected chi connectivity index (χ2v) is 7.97. The molecule has 0 radical (unpaired) electrons. The van der Waals surface area contributed by atoms with Gasteiger partial charge in [-0.3, -0.25) is 4.79 Å². The Hall–Kier alpha value is -2.19. The Morgan fingerprint density at radius 1 is 1.24 bits per heavy atom. The molecule has 7 nitrogen and oxygen atoms in total. The summed E-state index contributed by atoms with van der Waals surface area (Å²) >= 11 is 0. The third kappa shape index (κ3) is 4.08. The highest BCUT2D eigenvalue weighted by molar-refractivity contribution is 7.89. The van der Waals surface area contributed by atoms with E-state index in [9.17, 15) is 13.2 Å². The molecule has 1 unspecified atom stereocenters. The summed E-state index contributed by atoms with van der Waals surface area (Å²) in [5, 5.41) is 4.11. The van der Waals surface area contributed by atoms with Crippen molar-refractivity contribution in [2.24, 2.45) is 0 Å². The number of aromatic nitrogens is 2. The number of piperidine rings is 1. The van der Waals surface area contributed by atoms with Crippen molar-refractivity contribution in [1.82, 2.24) is 19.4 Å². The van der Waals surface area contributed by atoms with Crippen LogP contribution in [0.3, 0.4) is 0 Å².